The summed E-state index contributed by atoms with van der Waals surface area (Å²) in [5, 5.41) is 3.38. The second kappa shape index (κ2) is 4.21. The molecule has 76 valence electrons. The Kier molecular flexibility index (Phi) is 3.14. The molecule has 2 heterocycles. The molecule has 0 unspecified atom stereocenters. The van der Waals surface area contributed by atoms with Crippen LogP contribution in [-0.4, -0.2) is 29.2 Å². The average molecular weight is 295 g/mol. The lowest BCUT2D eigenvalue weighted by Crippen LogP contribution is -2.50. The highest BCUT2D eigenvalue weighted by molar-refractivity contribution is 9.09. The summed E-state index contributed by atoms with van der Waals surface area (Å²) in [6, 6.07) is 1.77. The van der Waals surface area contributed by atoms with Gasteiger partial charge in [-0.05, 0) is 11.4 Å². The van der Waals surface area contributed by atoms with E-state index in [0.717, 1.165) is 18.4 Å². The zero-order valence-corrected chi connectivity index (χ0v) is 10.5. The Morgan fingerprint density at radius 3 is 2.93 bits per heavy atom. The molecule has 0 radical (unpaired) electrons. The van der Waals surface area contributed by atoms with Gasteiger partial charge in [0.25, 0.3) is 5.91 Å². The molecule has 1 amide bonds. The van der Waals surface area contributed by atoms with Crippen LogP contribution < -0.4 is 0 Å². The zero-order valence-electron chi connectivity index (χ0n) is 7.37. The molecule has 2 rings (SSSR count). The quantitative estimate of drug-likeness (QED) is 0.768. The number of rotatable bonds is 2. The Morgan fingerprint density at radius 2 is 2.43 bits per heavy atom. The number of nitrogens with zero attached hydrogens (tertiary/aromatic N) is 1. The van der Waals surface area contributed by atoms with Gasteiger partial charge in [0.15, 0.2) is 0 Å². The number of hydrogen-bond donors (Lipinski definition) is 0. The van der Waals surface area contributed by atoms with E-state index in [4.69, 9.17) is 11.6 Å². The van der Waals surface area contributed by atoms with Crippen LogP contribution in [0, 0.1) is 5.92 Å². The summed E-state index contributed by atoms with van der Waals surface area (Å²) in [6.45, 7) is 1.69. The van der Waals surface area contributed by atoms with Crippen molar-refractivity contribution in [2.45, 2.75) is 0 Å². The van der Waals surface area contributed by atoms with Gasteiger partial charge in [-0.1, -0.05) is 27.5 Å². The van der Waals surface area contributed by atoms with Gasteiger partial charge in [-0.2, -0.15) is 0 Å². The van der Waals surface area contributed by atoms with Crippen molar-refractivity contribution in [3.8, 4) is 0 Å². The Balaban J connectivity index is 2.01. The van der Waals surface area contributed by atoms with Crippen LogP contribution in [0.1, 0.15) is 9.67 Å². The Morgan fingerprint density at radius 1 is 1.71 bits per heavy atom. The van der Waals surface area contributed by atoms with Crippen molar-refractivity contribution in [2.24, 2.45) is 5.92 Å². The zero-order chi connectivity index (χ0) is 10.1. The van der Waals surface area contributed by atoms with E-state index in [0.29, 0.717) is 15.8 Å². The third-order valence-electron chi connectivity index (χ3n) is 2.27. The predicted molar refractivity (Wildman–Crippen MR) is 62.5 cm³/mol. The highest BCUT2D eigenvalue weighted by Crippen LogP contribution is 2.27. The van der Waals surface area contributed by atoms with Gasteiger partial charge in [-0.25, -0.2) is 0 Å². The molecule has 0 saturated carbocycles. The predicted octanol–water partition coefficient (Wildman–Crippen LogP) is 2.87. The summed E-state index contributed by atoms with van der Waals surface area (Å²) in [7, 11) is 0. The maximum absolute atomic E-state index is 11.8. The monoisotopic (exact) mass is 293 g/mol. The number of carbonyl (C=O) groups excluding carboxylic acids is 1. The maximum atomic E-state index is 11.8. The second-order valence-electron chi connectivity index (χ2n) is 3.33. The first-order valence-corrected chi connectivity index (χ1v) is 6.68. The Hall–Kier alpha value is -0.0600. The first-order chi connectivity index (χ1) is 6.72. The van der Waals surface area contributed by atoms with E-state index in [2.05, 4.69) is 15.9 Å². The minimum Gasteiger partial charge on any atom is -0.337 e. The van der Waals surface area contributed by atoms with Gasteiger partial charge >= 0.3 is 0 Å². The summed E-state index contributed by atoms with van der Waals surface area (Å²) in [6.07, 6.45) is 0. The number of thiophene rings is 1. The molecule has 1 aliphatic rings. The van der Waals surface area contributed by atoms with Crippen LogP contribution in [0.25, 0.3) is 0 Å². The smallest absolute Gasteiger partial charge is 0.265 e. The normalized spacial score (nSPS) is 16.9. The van der Waals surface area contributed by atoms with E-state index >= 15 is 0 Å². The molecule has 1 aromatic rings. The van der Waals surface area contributed by atoms with E-state index in [1.165, 1.54) is 11.3 Å². The first-order valence-electron chi connectivity index (χ1n) is 4.30. The third kappa shape index (κ3) is 1.83. The molecule has 0 aliphatic carbocycles. The van der Waals surface area contributed by atoms with Crippen molar-refractivity contribution in [3.63, 3.8) is 0 Å². The minimum atomic E-state index is 0.0715. The summed E-state index contributed by atoms with van der Waals surface area (Å²) in [5.74, 6) is 0.680. The Bertz CT molecular complexity index is 348. The van der Waals surface area contributed by atoms with Crippen LogP contribution in [-0.2, 0) is 0 Å². The van der Waals surface area contributed by atoms with Gasteiger partial charge in [0.05, 0.1) is 5.02 Å². The number of halogens is 2. The summed E-state index contributed by atoms with van der Waals surface area (Å²) in [5.41, 5.74) is 0. The molecule has 2 nitrogen and oxygen atoms in total. The van der Waals surface area contributed by atoms with Gasteiger partial charge < -0.3 is 4.90 Å². The van der Waals surface area contributed by atoms with Crippen LogP contribution in [0.15, 0.2) is 11.4 Å². The second-order valence-corrected chi connectivity index (χ2v) is 5.30. The number of likely N-dealkylation sites (tertiary alicyclic amines) is 1. The first kappa shape index (κ1) is 10.5. The molecule has 14 heavy (non-hydrogen) atoms. The van der Waals surface area contributed by atoms with Crippen molar-refractivity contribution in [1.82, 2.24) is 4.90 Å². The summed E-state index contributed by atoms with van der Waals surface area (Å²) < 4.78 is 0. The molecule has 0 spiro atoms. The van der Waals surface area contributed by atoms with Crippen molar-refractivity contribution >= 4 is 44.8 Å². The fraction of sp³-hybridized carbons (Fsp3) is 0.444. The molecule has 1 saturated heterocycles. The third-order valence-corrected chi connectivity index (χ3v) is 4.52. The van der Waals surface area contributed by atoms with Crippen LogP contribution in [0.2, 0.25) is 5.02 Å². The standard InChI is InChI=1S/C9H9BrClNOS/c10-3-6-4-12(5-6)9(13)8-7(11)1-2-14-8/h1-2,6H,3-5H2. The van der Waals surface area contributed by atoms with Gasteiger partial charge in [0.1, 0.15) is 4.88 Å². The van der Waals surface area contributed by atoms with Gasteiger partial charge in [-0.3, -0.25) is 4.79 Å². The van der Waals surface area contributed by atoms with Gasteiger partial charge in [0, 0.05) is 24.3 Å². The molecular formula is C9H9BrClNOS. The van der Waals surface area contributed by atoms with E-state index in [-0.39, 0.29) is 5.91 Å². The fourth-order valence-electron chi connectivity index (χ4n) is 1.42. The van der Waals surface area contributed by atoms with Gasteiger partial charge in [-0.15, -0.1) is 11.3 Å². The average Bonchev–Trinajstić information content (AvgIpc) is 2.49. The molecule has 1 aliphatic heterocycles. The number of hydrogen-bond acceptors (Lipinski definition) is 2. The summed E-state index contributed by atoms with van der Waals surface area (Å²) >= 11 is 10.7. The molecule has 1 fully saturated rings. The lowest BCUT2D eigenvalue weighted by molar-refractivity contribution is 0.0544. The minimum absolute atomic E-state index is 0.0715. The largest absolute Gasteiger partial charge is 0.337 e. The lowest BCUT2D eigenvalue weighted by atomic mass is 10.0. The van der Waals surface area contributed by atoms with Crippen LogP contribution >= 0.6 is 38.9 Å². The molecule has 1 aromatic heterocycles. The maximum Gasteiger partial charge on any atom is 0.265 e. The SMILES string of the molecule is O=C(c1sccc1Cl)N1CC(CBr)C1. The van der Waals surface area contributed by atoms with Crippen molar-refractivity contribution in [2.75, 3.05) is 18.4 Å². The van der Waals surface area contributed by atoms with Gasteiger partial charge in [0.2, 0.25) is 0 Å². The van der Waals surface area contributed by atoms with E-state index in [1.54, 1.807) is 6.07 Å². The van der Waals surface area contributed by atoms with Crippen LogP contribution in [0.5, 0.6) is 0 Å². The molecule has 0 atom stereocenters. The van der Waals surface area contributed by atoms with E-state index in [9.17, 15) is 4.79 Å². The number of carbonyl (C=O) groups is 1. The van der Waals surface area contributed by atoms with E-state index in [1.807, 2.05) is 10.3 Å². The summed E-state index contributed by atoms with van der Waals surface area (Å²) in [4.78, 5) is 14.3. The van der Waals surface area contributed by atoms with E-state index < -0.39 is 0 Å². The topological polar surface area (TPSA) is 20.3 Å². The molecule has 5 heteroatoms. The Labute approximate surface area is 100.0 Å². The van der Waals surface area contributed by atoms with Crippen LogP contribution in [0.4, 0.5) is 0 Å². The highest BCUT2D eigenvalue weighted by atomic mass is 79.9. The molecular weight excluding hydrogens is 286 g/mol. The molecule has 0 aromatic carbocycles. The fourth-order valence-corrected chi connectivity index (χ4v) is 2.94. The van der Waals surface area contributed by atoms with Crippen molar-refractivity contribution in [1.29, 1.82) is 0 Å². The van der Waals surface area contributed by atoms with Crippen molar-refractivity contribution < 1.29 is 4.79 Å². The van der Waals surface area contributed by atoms with Crippen LogP contribution in [0.3, 0.4) is 0 Å². The number of amides is 1. The van der Waals surface area contributed by atoms with Crippen molar-refractivity contribution in [3.05, 3.63) is 21.3 Å². The molecule has 0 bridgehead atoms. The highest BCUT2D eigenvalue weighted by Gasteiger charge is 2.31. The lowest BCUT2D eigenvalue weighted by Gasteiger charge is -2.38. The molecule has 0 N–H and O–H groups in total. The number of alkyl halides is 1.